The fourth-order valence-electron chi connectivity index (χ4n) is 1.42. The normalized spacial score (nSPS) is 12.4. The Bertz CT molecular complexity index is 314. The Labute approximate surface area is 111 Å². The number of hydrogen-bond acceptors (Lipinski definition) is 5. The zero-order valence-corrected chi connectivity index (χ0v) is 11.9. The minimum absolute atomic E-state index is 0.138. The summed E-state index contributed by atoms with van der Waals surface area (Å²) in [5, 5.41) is 5.23. The lowest BCUT2D eigenvalue weighted by Gasteiger charge is -2.15. The van der Waals surface area contributed by atoms with Gasteiger partial charge in [-0.05, 0) is 31.3 Å². The largest absolute Gasteiger partial charge is 0.465 e. The monoisotopic (exact) mass is 273 g/mol. The van der Waals surface area contributed by atoms with Crippen molar-refractivity contribution in [3.63, 3.8) is 0 Å². The van der Waals surface area contributed by atoms with Crippen molar-refractivity contribution < 1.29 is 9.53 Å². The van der Waals surface area contributed by atoms with Crippen molar-refractivity contribution in [2.24, 2.45) is 0 Å². The van der Waals surface area contributed by atoms with E-state index >= 15 is 0 Å². The molecular weight excluding hydrogens is 254 g/mol. The molecular formula is C12H19NO2S2. The van der Waals surface area contributed by atoms with Crippen LogP contribution in [0.3, 0.4) is 0 Å². The van der Waals surface area contributed by atoms with Crippen molar-refractivity contribution in [2.75, 3.05) is 18.9 Å². The molecule has 0 aliphatic heterocycles. The van der Waals surface area contributed by atoms with E-state index in [1.54, 1.807) is 23.1 Å². The maximum atomic E-state index is 11.6. The van der Waals surface area contributed by atoms with Crippen LogP contribution in [0.1, 0.15) is 20.3 Å². The predicted molar refractivity (Wildman–Crippen MR) is 73.8 cm³/mol. The van der Waals surface area contributed by atoms with Crippen molar-refractivity contribution in [1.29, 1.82) is 0 Å². The van der Waals surface area contributed by atoms with Crippen LogP contribution in [0.25, 0.3) is 0 Å². The van der Waals surface area contributed by atoms with Crippen LogP contribution in [0.2, 0.25) is 0 Å². The summed E-state index contributed by atoms with van der Waals surface area (Å²) >= 11 is 3.52. The molecule has 0 aromatic carbocycles. The molecule has 1 N–H and O–H groups in total. The lowest BCUT2D eigenvalue weighted by atomic mass is 10.2. The summed E-state index contributed by atoms with van der Waals surface area (Å²) in [5.74, 6) is 0.790. The smallest absolute Gasteiger partial charge is 0.323 e. The molecule has 0 aliphatic rings. The van der Waals surface area contributed by atoms with Gasteiger partial charge in [0.15, 0.2) is 0 Å². The van der Waals surface area contributed by atoms with Gasteiger partial charge in [-0.25, -0.2) is 0 Å². The van der Waals surface area contributed by atoms with Gasteiger partial charge in [0.05, 0.1) is 10.8 Å². The van der Waals surface area contributed by atoms with Crippen molar-refractivity contribution in [2.45, 2.75) is 30.5 Å². The Balaban J connectivity index is 2.31. The van der Waals surface area contributed by atoms with Gasteiger partial charge in [0, 0.05) is 5.75 Å². The van der Waals surface area contributed by atoms with Crippen LogP contribution in [0.4, 0.5) is 0 Å². The number of esters is 1. The van der Waals surface area contributed by atoms with Crippen LogP contribution in [0.15, 0.2) is 21.7 Å². The second-order valence-electron chi connectivity index (χ2n) is 3.43. The van der Waals surface area contributed by atoms with Crippen LogP contribution in [0.5, 0.6) is 0 Å². The summed E-state index contributed by atoms with van der Waals surface area (Å²) in [4.78, 5) is 11.6. The van der Waals surface area contributed by atoms with Crippen LogP contribution < -0.4 is 5.32 Å². The third-order valence-corrected chi connectivity index (χ3v) is 4.33. The average Bonchev–Trinajstić information content (AvgIpc) is 2.81. The highest BCUT2D eigenvalue weighted by atomic mass is 32.2. The van der Waals surface area contributed by atoms with E-state index < -0.39 is 0 Å². The molecule has 1 unspecified atom stereocenters. The van der Waals surface area contributed by atoms with Gasteiger partial charge in [0.1, 0.15) is 6.04 Å². The third kappa shape index (κ3) is 5.57. The van der Waals surface area contributed by atoms with Crippen LogP contribution in [0, 0.1) is 0 Å². The summed E-state index contributed by atoms with van der Waals surface area (Å²) in [6, 6.07) is 3.97. The average molecular weight is 273 g/mol. The lowest BCUT2D eigenvalue weighted by Crippen LogP contribution is -2.38. The van der Waals surface area contributed by atoms with Gasteiger partial charge in [0.25, 0.3) is 0 Å². The van der Waals surface area contributed by atoms with E-state index in [1.165, 1.54) is 4.21 Å². The number of ether oxygens (including phenoxy) is 1. The van der Waals surface area contributed by atoms with Gasteiger partial charge in [0.2, 0.25) is 0 Å². The molecule has 1 aromatic rings. The third-order valence-electron chi connectivity index (χ3n) is 2.17. The number of likely N-dealkylation sites (N-methyl/N-ethyl adjacent to an activating group) is 1. The molecule has 3 nitrogen and oxygen atoms in total. The van der Waals surface area contributed by atoms with Gasteiger partial charge in [-0.3, -0.25) is 4.79 Å². The second kappa shape index (κ2) is 8.55. The predicted octanol–water partition coefficient (Wildman–Crippen LogP) is 2.77. The first kappa shape index (κ1) is 14.5. The summed E-state index contributed by atoms with van der Waals surface area (Å²) in [7, 11) is 0. The Hall–Kier alpha value is -0.520. The zero-order valence-electron chi connectivity index (χ0n) is 10.3. The van der Waals surface area contributed by atoms with Crippen molar-refractivity contribution >= 4 is 29.1 Å². The molecule has 0 bridgehead atoms. The first-order valence-corrected chi connectivity index (χ1v) is 7.70. The molecule has 0 saturated carbocycles. The topological polar surface area (TPSA) is 38.3 Å². The molecule has 1 heterocycles. The van der Waals surface area contributed by atoms with E-state index in [-0.39, 0.29) is 12.0 Å². The van der Waals surface area contributed by atoms with Gasteiger partial charge < -0.3 is 10.1 Å². The molecule has 1 atom stereocenters. The number of hydrogen-bond donors (Lipinski definition) is 1. The SMILES string of the molecule is CCNC(CCSc1cccs1)C(=O)OCC. The Morgan fingerprint density at radius 3 is 3.00 bits per heavy atom. The van der Waals surface area contributed by atoms with Crippen molar-refractivity contribution in [1.82, 2.24) is 5.32 Å². The van der Waals surface area contributed by atoms with Crippen LogP contribution >= 0.6 is 23.1 Å². The molecule has 0 radical (unpaired) electrons. The second-order valence-corrected chi connectivity index (χ2v) is 5.77. The van der Waals surface area contributed by atoms with E-state index in [1.807, 2.05) is 19.9 Å². The summed E-state index contributed by atoms with van der Waals surface area (Å²) in [6.45, 7) is 5.06. The lowest BCUT2D eigenvalue weighted by molar-refractivity contribution is -0.145. The molecule has 5 heteroatoms. The van der Waals surface area contributed by atoms with Gasteiger partial charge in [-0.1, -0.05) is 13.0 Å². The molecule has 1 rings (SSSR count). The quantitative estimate of drug-likeness (QED) is 0.584. The van der Waals surface area contributed by atoms with Gasteiger partial charge in [-0.2, -0.15) is 0 Å². The highest BCUT2D eigenvalue weighted by molar-refractivity contribution is 8.01. The van der Waals surface area contributed by atoms with Crippen LogP contribution in [-0.4, -0.2) is 30.9 Å². The maximum Gasteiger partial charge on any atom is 0.323 e. The minimum atomic E-state index is -0.174. The molecule has 96 valence electrons. The van der Waals surface area contributed by atoms with E-state index in [0.29, 0.717) is 6.61 Å². The molecule has 17 heavy (non-hydrogen) atoms. The standard InChI is InChI=1S/C12H19NO2S2/c1-3-13-10(12(14)15-4-2)7-9-17-11-6-5-8-16-11/h5-6,8,10,13H,3-4,7,9H2,1-2H3. The molecule has 0 saturated heterocycles. The van der Waals surface area contributed by atoms with E-state index in [4.69, 9.17) is 4.74 Å². The fourth-order valence-corrected chi connectivity index (χ4v) is 3.28. The number of rotatable bonds is 8. The molecule has 1 aromatic heterocycles. The maximum absolute atomic E-state index is 11.6. The van der Waals surface area contributed by atoms with E-state index in [9.17, 15) is 4.79 Å². The van der Waals surface area contributed by atoms with Crippen LogP contribution in [-0.2, 0) is 9.53 Å². The zero-order chi connectivity index (χ0) is 12.5. The molecule has 0 spiro atoms. The number of carbonyl (C=O) groups is 1. The first-order chi connectivity index (χ1) is 8.27. The summed E-state index contributed by atoms with van der Waals surface area (Å²) < 4.78 is 6.33. The fraction of sp³-hybridized carbons (Fsp3) is 0.583. The summed E-state index contributed by atoms with van der Waals surface area (Å²) in [6.07, 6.45) is 0.801. The highest BCUT2D eigenvalue weighted by Gasteiger charge is 2.17. The van der Waals surface area contributed by atoms with Gasteiger partial charge in [-0.15, -0.1) is 23.1 Å². The number of thiophene rings is 1. The number of thioether (sulfide) groups is 1. The highest BCUT2D eigenvalue weighted by Crippen LogP contribution is 2.24. The number of nitrogens with one attached hydrogen (secondary N) is 1. The van der Waals surface area contributed by atoms with Gasteiger partial charge >= 0.3 is 5.97 Å². The molecule has 0 fully saturated rings. The minimum Gasteiger partial charge on any atom is -0.465 e. The van der Waals surface area contributed by atoms with Crippen molar-refractivity contribution in [3.8, 4) is 0 Å². The Morgan fingerprint density at radius 1 is 1.59 bits per heavy atom. The first-order valence-electron chi connectivity index (χ1n) is 5.84. The van der Waals surface area contributed by atoms with E-state index in [2.05, 4.69) is 16.8 Å². The Kier molecular flexibility index (Phi) is 7.32. The molecule has 0 aliphatic carbocycles. The number of carbonyl (C=O) groups excluding carboxylic acids is 1. The van der Waals surface area contributed by atoms with Crippen molar-refractivity contribution in [3.05, 3.63) is 17.5 Å². The van der Waals surface area contributed by atoms with E-state index in [0.717, 1.165) is 18.7 Å². The molecule has 0 amide bonds. The Morgan fingerprint density at radius 2 is 2.41 bits per heavy atom. The summed E-state index contributed by atoms with van der Waals surface area (Å²) in [5.41, 5.74) is 0.